The zero-order chi connectivity index (χ0) is 11.3. The summed E-state index contributed by atoms with van der Waals surface area (Å²) in [5, 5.41) is 0. The maximum Gasteiger partial charge on any atom is 0.129 e. The second-order valence-corrected chi connectivity index (χ2v) is 4.95. The van der Waals surface area contributed by atoms with Crippen LogP contribution < -0.4 is 5.73 Å². The van der Waals surface area contributed by atoms with Gasteiger partial charge in [0.15, 0.2) is 0 Å². The van der Waals surface area contributed by atoms with Crippen molar-refractivity contribution in [1.82, 2.24) is 9.55 Å². The molecule has 0 bridgehead atoms. The minimum Gasteiger partial charge on any atom is -0.329 e. The largest absolute Gasteiger partial charge is 0.329 e. The van der Waals surface area contributed by atoms with Crippen LogP contribution >= 0.6 is 0 Å². The molecule has 16 heavy (non-hydrogen) atoms. The van der Waals surface area contributed by atoms with Gasteiger partial charge in [-0.3, -0.25) is 0 Å². The molecular formula is C13H17N3. The molecule has 1 aliphatic carbocycles. The maximum absolute atomic E-state index is 6.36. The van der Waals surface area contributed by atoms with Gasteiger partial charge in [-0.05, 0) is 37.8 Å². The fourth-order valence-corrected chi connectivity index (χ4v) is 2.69. The Labute approximate surface area is 95.3 Å². The highest BCUT2D eigenvalue weighted by Gasteiger charge is 2.38. The molecule has 84 valence electrons. The highest BCUT2D eigenvalue weighted by Crippen LogP contribution is 2.39. The van der Waals surface area contributed by atoms with Crippen molar-refractivity contribution in [3.8, 4) is 0 Å². The van der Waals surface area contributed by atoms with E-state index < -0.39 is 0 Å². The summed E-state index contributed by atoms with van der Waals surface area (Å²) in [6, 6.07) is 6.24. The van der Waals surface area contributed by atoms with E-state index in [1.54, 1.807) is 0 Å². The number of benzene rings is 1. The summed E-state index contributed by atoms with van der Waals surface area (Å²) in [4.78, 5) is 4.70. The lowest BCUT2D eigenvalue weighted by Crippen LogP contribution is -2.45. The van der Waals surface area contributed by atoms with Crippen LogP contribution in [-0.4, -0.2) is 9.55 Å². The quantitative estimate of drug-likeness (QED) is 0.792. The first-order chi connectivity index (χ1) is 7.62. The van der Waals surface area contributed by atoms with Gasteiger partial charge in [0.1, 0.15) is 5.82 Å². The lowest BCUT2D eigenvalue weighted by Gasteiger charge is -2.37. The molecule has 0 atom stereocenters. The Morgan fingerprint density at radius 3 is 2.69 bits per heavy atom. The minimum atomic E-state index is -0.180. The van der Waals surface area contributed by atoms with Crippen LogP contribution in [0.2, 0.25) is 0 Å². The predicted molar refractivity (Wildman–Crippen MR) is 65.2 cm³/mol. The molecule has 1 aromatic carbocycles. The standard InChI is InChI=1S/C13H17N3/c1-9-5-3-6-10-11(9)16(2)12(15-10)13(14)7-4-8-13/h3,5-6H,4,7-8,14H2,1-2H3. The number of aryl methyl sites for hydroxylation is 2. The summed E-state index contributed by atoms with van der Waals surface area (Å²) in [6.07, 6.45) is 3.34. The van der Waals surface area contributed by atoms with Gasteiger partial charge in [-0.15, -0.1) is 0 Å². The van der Waals surface area contributed by atoms with Gasteiger partial charge >= 0.3 is 0 Å². The van der Waals surface area contributed by atoms with Crippen LogP contribution in [0.5, 0.6) is 0 Å². The van der Waals surface area contributed by atoms with Crippen LogP contribution in [0.1, 0.15) is 30.7 Å². The molecule has 1 saturated carbocycles. The van der Waals surface area contributed by atoms with E-state index in [4.69, 9.17) is 10.7 Å². The van der Waals surface area contributed by atoms with Gasteiger partial charge in [0.05, 0.1) is 16.6 Å². The van der Waals surface area contributed by atoms with Crippen molar-refractivity contribution in [1.29, 1.82) is 0 Å². The molecule has 1 fully saturated rings. The number of nitrogens with zero attached hydrogens (tertiary/aromatic N) is 2. The molecule has 2 N–H and O–H groups in total. The summed E-state index contributed by atoms with van der Waals surface area (Å²) in [5.41, 5.74) is 9.72. The molecule has 0 aliphatic heterocycles. The minimum absolute atomic E-state index is 0.180. The number of imidazole rings is 1. The second-order valence-electron chi connectivity index (χ2n) is 4.95. The molecule has 0 amide bonds. The summed E-state index contributed by atoms with van der Waals surface area (Å²) in [7, 11) is 2.07. The molecule has 0 radical (unpaired) electrons. The van der Waals surface area contributed by atoms with E-state index in [0.29, 0.717) is 0 Å². The molecule has 3 rings (SSSR count). The Balaban J connectivity index is 2.27. The third kappa shape index (κ3) is 1.15. The average Bonchev–Trinajstić information content (AvgIpc) is 2.54. The molecule has 1 heterocycles. The van der Waals surface area contributed by atoms with Crippen LogP contribution in [-0.2, 0) is 12.6 Å². The highest BCUT2D eigenvalue weighted by atomic mass is 15.1. The van der Waals surface area contributed by atoms with Crippen molar-refractivity contribution in [2.45, 2.75) is 31.7 Å². The Kier molecular flexibility index (Phi) is 1.89. The number of para-hydroxylation sites is 1. The SMILES string of the molecule is Cc1cccc2nc(C3(N)CCC3)n(C)c12. The highest BCUT2D eigenvalue weighted by molar-refractivity contribution is 5.79. The molecule has 1 aromatic heterocycles. The average molecular weight is 215 g/mol. The van der Waals surface area contributed by atoms with Gasteiger partial charge in [0.25, 0.3) is 0 Å². The first-order valence-electron chi connectivity index (χ1n) is 5.83. The van der Waals surface area contributed by atoms with E-state index in [0.717, 1.165) is 24.2 Å². The first-order valence-corrected chi connectivity index (χ1v) is 5.83. The van der Waals surface area contributed by atoms with Gasteiger partial charge in [-0.25, -0.2) is 4.98 Å². The first kappa shape index (κ1) is 9.85. The summed E-state index contributed by atoms with van der Waals surface area (Å²) < 4.78 is 2.17. The number of nitrogens with two attached hydrogens (primary N) is 1. The van der Waals surface area contributed by atoms with Crippen LogP contribution in [0.4, 0.5) is 0 Å². The van der Waals surface area contributed by atoms with E-state index in [9.17, 15) is 0 Å². The zero-order valence-corrected chi connectivity index (χ0v) is 9.83. The third-order valence-corrected chi connectivity index (χ3v) is 3.79. The monoisotopic (exact) mass is 215 g/mol. The van der Waals surface area contributed by atoms with Crippen molar-refractivity contribution >= 4 is 11.0 Å². The van der Waals surface area contributed by atoms with Gasteiger partial charge in [0.2, 0.25) is 0 Å². The van der Waals surface area contributed by atoms with E-state index in [2.05, 4.69) is 36.7 Å². The number of fused-ring (bicyclic) bond motifs is 1. The topological polar surface area (TPSA) is 43.8 Å². The van der Waals surface area contributed by atoms with E-state index in [1.807, 2.05) is 0 Å². The molecular weight excluding hydrogens is 198 g/mol. The van der Waals surface area contributed by atoms with Crippen molar-refractivity contribution in [2.75, 3.05) is 0 Å². The Hall–Kier alpha value is -1.35. The number of hydrogen-bond acceptors (Lipinski definition) is 2. The van der Waals surface area contributed by atoms with Gasteiger partial charge in [-0.1, -0.05) is 12.1 Å². The van der Waals surface area contributed by atoms with Crippen LogP contribution in [0.15, 0.2) is 18.2 Å². The Bertz CT molecular complexity index is 550. The Morgan fingerprint density at radius 2 is 2.12 bits per heavy atom. The summed E-state index contributed by atoms with van der Waals surface area (Å²) in [5.74, 6) is 1.04. The van der Waals surface area contributed by atoms with Crippen molar-refractivity contribution < 1.29 is 0 Å². The van der Waals surface area contributed by atoms with Gasteiger partial charge in [-0.2, -0.15) is 0 Å². The maximum atomic E-state index is 6.36. The number of aromatic nitrogens is 2. The van der Waals surface area contributed by atoms with E-state index in [1.165, 1.54) is 17.5 Å². The molecule has 0 saturated heterocycles. The normalized spacial score (nSPS) is 18.7. The molecule has 1 aliphatic rings. The second kappa shape index (κ2) is 3.08. The smallest absolute Gasteiger partial charge is 0.129 e. The zero-order valence-electron chi connectivity index (χ0n) is 9.83. The van der Waals surface area contributed by atoms with E-state index >= 15 is 0 Å². The van der Waals surface area contributed by atoms with Crippen LogP contribution in [0.3, 0.4) is 0 Å². The third-order valence-electron chi connectivity index (χ3n) is 3.79. The fourth-order valence-electron chi connectivity index (χ4n) is 2.69. The van der Waals surface area contributed by atoms with Gasteiger partial charge in [0, 0.05) is 7.05 Å². The lowest BCUT2D eigenvalue weighted by molar-refractivity contribution is 0.234. The molecule has 3 nitrogen and oxygen atoms in total. The summed E-state index contributed by atoms with van der Waals surface area (Å²) in [6.45, 7) is 2.12. The van der Waals surface area contributed by atoms with Crippen molar-refractivity contribution in [2.24, 2.45) is 12.8 Å². The predicted octanol–water partition coefficient (Wildman–Crippen LogP) is 2.22. The molecule has 2 aromatic rings. The number of hydrogen-bond donors (Lipinski definition) is 1. The Morgan fingerprint density at radius 1 is 1.38 bits per heavy atom. The molecule has 0 unspecified atom stereocenters. The van der Waals surface area contributed by atoms with Crippen LogP contribution in [0, 0.1) is 6.92 Å². The van der Waals surface area contributed by atoms with Crippen molar-refractivity contribution in [3.63, 3.8) is 0 Å². The summed E-state index contributed by atoms with van der Waals surface area (Å²) >= 11 is 0. The van der Waals surface area contributed by atoms with Gasteiger partial charge < -0.3 is 10.3 Å². The fraction of sp³-hybridized carbons (Fsp3) is 0.462. The van der Waals surface area contributed by atoms with Crippen molar-refractivity contribution in [3.05, 3.63) is 29.6 Å². The molecule has 0 spiro atoms. The lowest BCUT2D eigenvalue weighted by atomic mass is 9.77. The van der Waals surface area contributed by atoms with Crippen LogP contribution in [0.25, 0.3) is 11.0 Å². The van der Waals surface area contributed by atoms with E-state index in [-0.39, 0.29) is 5.54 Å². The number of rotatable bonds is 1. The molecule has 3 heteroatoms.